The van der Waals surface area contributed by atoms with Crippen LogP contribution in [0.1, 0.15) is 11.1 Å². The minimum Gasteiger partial charge on any atom is -0.207 e. The van der Waals surface area contributed by atoms with Crippen LogP contribution in [0.3, 0.4) is 0 Å². The topological polar surface area (TPSA) is 34.1 Å². The molecule has 5 heteroatoms. The quantitative estimate of drug-likeness (QED) is 0.684. The summed E-state index contributed by atoms with van der Waals surface area (Å²) >= 11 is 0. The lowest BCUT2D eigenvalue weighted by molar-refractivity contribution is 0.572. The molecule has 1 aromatic carbocycles. The van der Waals surface area contributed by atoms with Gasteiger partial charge < -0.3 is 0 Å². The summed E-state index contributed by atoms with van der Waals surface area (Å²) in [6, 6.07) is 2.60. The van der Waals surface area contributed by atoms with Gasteiger partial charge in [0.15, 0.2) is 0 Å². The molecule has 13 heavy (non-hydrogen) atoms. The van der Waals surface area contributed by atoms with Crippen molar-refractivity contribution in [3.05, 3.63) is 29.1 Å². The second-order valence-electron chi connectivity index (χ2n) is 2.76. The fraction of sp³-hybridized carbons (Fsp3) is 0.250. The average molecular weight is 223 g/mol. The van der Waals surface area contributed by atoms with Gasteiger partial charge in [0.1, 0.15) is 10.7 Å². The summed E-state index contributed by atoms with van der Waals surface area (Å²) in [6.07, 6.45) is 0. The molecule has 0 saturated carbocycles. The number of rotatable bonds is 1. The molecule has 0 fully saturated rings. The first-order valence-electron chi connectivity index (χ1n) is 3.54. The van der Waals surface area contributed by atoms with Crippen molar-refractivity contribution in [3.8, 4) is 0 Å². The zero-order valence-corrected chi connectivity index (χ0v) is 8.71. The van der Waals surface area contributed by atoms with Gasteiger partial charge in [0.25, 0.3) is 9.05 Å². The van der Waals surface area contributed by atoms with Crippen LogP contribution in [0.25, 0.3) is 0 Å². The number of halogens is 2. The van der Waals surface area contributed by atoms with E-state index in [4.69, 9.17) is 10.7 Å². The van der Waals surface area contributed by atoms with Crippen molar-refractivity contribution in [2.75, 3.05) is 0 Å². The Morgan fingerprint density at radius 3 is 2.23 bits per heavy atom. The van der Waals surface area contributed by atoms with Gasteiger partial charge in [0.2, 0.25) is 0 Å². The third-order valence-corrected chi connectivity index (χ3v) is 3.32. The minimum absolute atomic E-state index is 0.356. The molecule has 0 atom stereocenters. The van der Waals surface area contributed by atoms with E-state index in [0.717, 1.165) is 6.07 Å². The Balaban J connectivity index is 3.62. The molecule has 0 N–H and O–H groups in total. The lowest BCUT2D eigenvalue weighted by atomic mass is 10.1. The van der Waals surface area contributed by atoms with Gasteiger partial charge >= 0.3 is 0 Å². The first kappa shape index (κ1) is 10.5. The third-order valence-electron chi connectivity index (χ3n) is 1.87. The number of hydrogen-bond donors (Lipinski definition) is 0. The molecule has 0 bridgehead atoms. The molecule has 0 aromatic heterocycles. The Kier molecular flexibility index (Phi) is 2.63. The first-order valence-corrected chi connectivity index (χ1v) is 5.85. The van der Waals surface area contributed by atoms with E-state index in [9.17, 15) is 12.8 Å². The Hall–Kier alpha value is -0.610. The summed E-state index contributed by atoms with van der Waals surface area (Å²) in [6.45, 7) is 3.22. The van der Waals surface area contributed by atoms with Crippen LogP contribution in [0, 0.1) is 19.7 Å². The van der Waals surface area contributed by atoms with Gasteiger partial charge in [0.05, 0.1) is 0 Å². The van der Waals surface area contributed by atoms with E-state index >= 15 is 0 Å². The van der Waals surface area contributed by atoms with Gasteiger partial charge in [-0.05, 0) is 31.0 Å². The highest BCUT2D eigenvalue weighted by atomic mass is 35.7. The molecule has 2 nitrogen and oxygen atoms in total. The lowest BCUT2D eigenvalue weighted by Gasteiger charge is -2.05. The van der Waals surface area contributed by atoms with E-state index in [-0.39, 0.29) is 0 Å². The van der Waals surface area contributed by atoms with Gasteiger partial charge in [-0.2, -0.15) is 0 Å². The maximum absolute atomic E-state index is 13.1. The maximum Gasteiger partial charge on any atom is 0.264 e. The molecule has 0 aliphatic rings. The Labute approximate surface area is 80.8 Å². The average Bonchev–Trinajstić information content (AvgIpc) is 1.95. The van der Waals surface area contributed by atoms with Crippen LogP contribution in [0.4, 0.5) is 4.39 Å². The highest BCUT2D eigenvalue weighted by molar-refractivity contribution is 8.13. The molecule has 0 unspecified atom stereocenters. The lowest BCUT2D eigenvalue weighted by Crippen LogP contribution is -2.00. The van der Waals surface area contributed by atoms with Crippen molar-refractivity contribution in [2.24, 2.45) is 0 Å². The monoisotopic (exact) mass is 222 g/mol. The summed E-state index contributed by atoms with van der Waals surface area (Å²) in [5, 5.41) is 0. The van der Waals surface area contributed by atoms with Crippen molar-refractivity contribution < 1.29 is 12.8 Å². The molecule has 0 aliphatic carbocycles. The predicted octanol–water partition coefficient (Wildman–Crippen LogP) is 2.37. The van der Waals surface area contributed by atoms with Crippen LogP contribution in [0.5, 0.6) is 0 Å². The van der Waals surface area contributed by atoms with Gasteiger partial charge in [-0.25, -0.2) is 12.8 Å². The van der Waals surface area contributed by atoms with Gasteiger partial charge in [-0.1, -0.05) is 6.07 Å². The summed E-state index contributed by atoms with van der Waals surface area (Å²) in [5.74, 6) is -0.807. The second-order valence-corrected chi connectivity index (χ2v) is 5.26. The normalized spacial score (nSPS) is 11.7. The SMILES string of the molecule is Cc1ccc(F)c(S(=O)(=O)Cl)c1C. The number of hydrogen-bond acceptors (Lipinski definition) is 2. The van der Waals surface area contributed by atoms with E-state index in [1.54, 1.807) is 6.92 Å². The Bertz CT molecular complexity index is 440. The van der Waals surface area contributed by atoms with Gasteiger partial charge in [0, 0.05) is 10.7 Å². The Morgan fingerprint density at radius 1 is 1.31 bits per heavy atom. The van der Waals surface area contributed by atoms with Crippen LogP contribution in [0.2, 0.25) is 0 Å². The standard InChI is InChI=1S/C8H8ClFO2S/c1-5-3-4-7(10)8(6(5)2)13(9,11)12/h3-4H,1-2H3. The van der Waals surface area contributed by atoms with E-state index in [0.29, 0.717) is 11.1 Å². The number of aryl methyl sites for hydroxylation is 1. The highest BCUT2D eigenvalue weighted by Crippen LogP contribution is 2.24. The second kappa shape index (κ2) is 3.27. The molecule has 0 radical (unpaired) electrons. The molecule has 0 saturated heterocycles. The number of benzene rings is 1. The first-order chi connectivity index (χ1) is 5.84. The van der Waals surface area contributed by atoms with E-state index < -0.39 is 19.8 Å². The molecule has 0 aliphatic heterocycles. The summed E-state index contributed by atoms with van der Waals surface area (Å²) in [7, 11) is 1.08. The molecule has 0 heterocycles. The van der Waals surface area contributed by atoms with Crippen LogP contribution in [-0.2, 0) is 9.05 Å². The van der Waals surface area contributed by atoms with Crippen molar-refractivity contribution in [1.82, 2.24) is 0 Å². The maximum atomic E-state index is 13.1. The fourth-order valence-electron chi connectivity index (χ4n) is 1.06. The molecule has 0 amide bonds. The van der Waals surface area contributed by atoms with Gasteiger partial charge in [-0.3, -0.25) is 0 Å². The summed E-state index contributed by atoms with van der Waals surface area (Å²) in [4.78, 5) is -0.422. The van der Waals surface area contributed by atoms with Crippen molar-refractivity contribution in [1.29, 1.82) is 0 Å². The fourth-order valence-corrected chi connectivity index (χ4v) is 2.45. The van der Waals surface area contributed by atoms with E-state index in [2.05, 4.69) is 0 Å². The van der Waals surface area contributed by atoms with E-state index in [1.165, 1.54) is 13.0 Å². The molecule has 1 rings (SSSR count). The zero-order chi connectivity index (χ0) is 10.2. The van der Waals surface area contributed by atoms with Gasteiger partial charge in [-0.15, -0.1) is 0 Å². The molecule has 0 spiro atoms. The smallest absolute Gasteiger partial charge is 0.207 e. The minimum atomic E-state index is -3.99. The molecular weight excluding hydrogens is 215 g/mol. The summed E-state index contributed by atoms with van der Waals surface area (Å²) in [5.41, 5.74) is 1.05. The van der Waals surface area contributed by atoms with Crippen molar-refractivity contribution in [2.45, 2.75) is 18.7 Å². The highest BCUT2D eigenvalue weighted by Gasteiger charge is 2.19. The Morgan fingerprint density at radius 2 is 1.85 bits per heavy atom. The van der Waals surface area contributed by atoms with Crippen LogP contribution < -0.4 is 0 Å². The van der Waals surface area contributed by atoms with Crippen LogP contribution in [-0.4, -0.2) is 8.42 Å². The summed E-state index contributed by atoms with van der Waals surface area (Å²) < 4.78 is 35.0. The van der Waals surface area contributed by atoms with E-state index in [1.807, 2.05) is 0 Å². The van der Waals surface area contributed by atoms with Crippen LogP contribution >= 0.6 is 10.7 Å². The van der Waals surface area contributed by atoms with Crippen molar-refractivity contribution in [3.63, 3.8) is 0 Å². The largest absolute Gasteiger partial charge is 0.264 e. The molecule has 1 aromatic rings. The zero-order valence-electron chi connectivity index (χ0n) is 7.14. The van der Waals surface area contributed by atoms with Crippen molar-refractivity contribution >= 4 is 19.7 Å². The van der Waals surface area contributed by atoms with Crippen LogP contribution in [0.15, 0.2) is 17.0 Å². The molecular formula is C8H8ClFO2S. The predicted molar refractivity (Wildman–Crippen MR) is 48.9 cm³/mol. The molecule has 72 valence electrons. The third kappa shape index (κ3) is 2.00.